The van der Waals surface area contributed by atoms with Crippen LogP contribution in [0, 0.1) is 0 Å². The average molecular weight is 520 g/mol. The molecule has 1 amide bonds. The van der Waals surface area contributed by atoms with Crippen molar-refractivity contribution in [3.05, 3.63) is 88.9 Å². The number of nitrogens with one attached hydrogen (secondary N) is 2. The molecule has 0 saturated heterocycles. The zero-order valence-corrected chi connectivity index (χ0v) is 22.6. The number of fused-ring (bicyclic) bond motifs is 1. The molecule has 1 aliphatic heterocycles. The maximum absolute atomic E-state index is 13.7. The highest BCUT2D eigenvalue weighted by molar-refractivity contribution is 6.31. The Bertz CT molecular complexity index is 1270. The maximum Gasteiger partial charge on any atom is 0.310 e. The van der Waals surface area contributed by atoms with E-state index in [-0.39, 0.29) is 18.3 Å². The van der Waals surface area contributed by atoms with Crippen LogP contribution < -0.4 is 15.5 Å². The van der Waals surface area contributed by atoms with E-state index in [1.54, 1.807) is 29.2 Å². The zero-order chi connectivity index (χ0) is 26.6. The Kier molecular flexibility index (Phi) is 7.79. The van der Waals surface area contributed by atoms with Crippen molar-refractivity contribution in [2.75, 3.05) is 15.5 Å². The van der Waals surface area contributed by atoms with Crippen LogP contribution in [-0.2, 0) is 16.1 Å². The standard InChI is InChI=1S/C30H34ClN3O3/c1-5-16-30(19-27(35)37-29(2,3)4)32-25-15-14-24(18-26(25)33-30)34(20-21-10-7-6-8-11-21)28(36)22-12-9-13-23(31)17-22/h6-15,17-18,32-33H,5,16,19-20H2,1-4H3. The van der Waals surface area contributed by atoms with Gasteiger partial charge in [-0.3, -0.25) is 9.59 Å². The minimum absolute atomic E-state index is 0.147. The number of ether oxygens (including phenoxy) is 1. The summed E-state index contributed by atoms with van der Waals surface area (Å²) in [5, 5.41) is 7.57. The van der Waals surface area contributed by atoms with Crippen molar-refractivity contribution in [1.29, 1.82) is 0 Å². The number of rotatable bonds is 8. The highest BCUT2D eigenvalue weighted by atomic mass is 35.5. The van der Waals surface area contributed by atoms with E-state index in [2.05, 4.69) is 17.6 Å². The quantitative estimate of drug-likeness (QED) is 0.307. The van der Waals surface area contributed by atoms with Crippen LogP contribution in [0.25, 0.3) is 0 Å². The number of amides is 1. The lowest BCUT2D eigenvalue weighted by atomic mass is 10.0. The molecule has 1 atom stereocenters. The summed E-state index contributed by atoms with van der Waals surface area (Å²) in [5.41, 5.74) is 2.78. The molecule has 0 saturated carbocycles. The fourth-order valence-electron chi connectivity index (χ4n) is 4.64. The number of carbonyl (C=O) groups is 2. The molecule has 0 radical (unpaired) electrons. The lowest BCUT2D eigenvalue weighted by Crippen LogP contribution is -2.45. The van der Waals surface area contributed by atoms with Crippen LogP contribution >= 0.6 is 11.6 Å². The van der Waals surface area contributed by atoms with Crippen LogP contribution in [0.3, 0.4) is 0 Å². The Hall–Kier alpha value is -3.51. The predicted octanol–water partition coefficient (Wildman–Crippen LogP) is 7.25. The molecule has 0 fully saturated rings. The monoisotopic (exact) mass is 519 g/mol. The number of carbonyl (C=O) groups excluding carboxylic acids is 2. The van der Waals surface area contributed by atoms with Crippen LogP contribution in [0.15, 0.2) is 72.8 Å². The van der Waals surface area contributed by atoms with Crippen molar-refractivity contribution >= 4 is 40.5 Å². The van der Waals surface area contributed by atoms with Crippen LogP contribution in [0.2, 0.25) is 5.02 Å². The minimum Gasteiger partial charge on any atom is -0.460 e. The van der Waals surface area contributed by atoms with E-state index < -0.39 is 11.3 Å². The molecular weight excluding hydrogens is 486 g/mol. The van der Waals surface area contributed by atoms with Crippen molar-refractivity contribution in [3.63, 3.8) is 0 Å². The first-order chi connectivity index (χ1) is 17.6. The van der Waals surface area contributed by atoms with Gasteiger partial charge in [0.15, 0.2) is 0 Å². The predicted molar refractivity (Wildman–Crippen MR) is 150 cm³/mol. The number of esters is 1. The van der Waals surface area contributed by atoms with Gasteiger partial charge in [-0.1, -0.05) is 61.3 Å². The average Bonchev–Trinajstić information content (AvgIpc) is 3.18. The highest BCUT2D eigenvalue weighted by Gasteiger charge is 2.39. The van der Waals surface area contributed by atoms with E-state index in [0.717, 1.165) is 35.5 Å². The Morgan fingerprint density at radius 2 is 1.68 bits per heavy atom. The molecule has 6 nitrogen and oxygen atoms in total. The number of halogens is 1. The lowest BCUT2D eigenvalue weighted by Gasteiger charge is -2.31. The molecule has 0 aliphatic carbocycles. The number of hydrogen-bond acceptors (Lipinski definition) is 5. The first kappa shape index (κ1) is 26.6. The fourth-order valence-corrected chi connectivity index (χ4v) is 4.83. The van der Waals surface area contributed by atoms with Gasteiger partial charge in [-0.15, -0.1) is 0 Å². The lowest BCUT2D eigenvalue weighted by molar-refractivity contribution is -0.155. The van der Waals surface area contributed by atoms with Gasteiger partial charge in [0.25, 0.3) is 5.91 Å². The summed E-state index contributed by atoms with van der Waals surface area (Å²) < 4.78 is 5.61. The molecule has 3 aromatic rings. The third-order valence-corrected chi connectivity index (χ3v) is 6.34. The molecule has 0 bridgehead atoms. The van der Waals surface area contributed by atoms with Gasteiger partial charge < -0.3 is 20.3 Å². The molecule has 1 aliphatic rings. The van der Waals surface area contributed by atoms with Gasteiger partial charge in [0.05, 0.1) is 24.3 Å². The van der Waals surface area contributed by atoms with E-state index >= 15 is 0 Å². The molecule has 194 valence electrons. The van der Waals surface area contributed by atoms with Crippen molar-refractivity contribution in [1.82, 2.24) is 0 Å². The molecular formula is C30H34ClN3O3. The summed E-state index contributed by atoms with van der Waals surface area (Å²) in [7, 11) is 0. The number of benzene rings is 3. The summed E-state index contributed by atoms with van der Waals surface area (Å²) in [5.74, 6) is -0.415. The molecule has 4 rings (SSSR count). The van der Waals surface area contributed by atoms with Gasteiger partial charge in [0.2, 0.25) is 0 Å². The Morgan fingerprint density at radius 1 is 0.946 bits per heavy atom. The van der Waals surface area contributed by atoms with Crippen molar-refractivity contribution in [3.8, 4) is 0 Å². The molecule has 37 heavy (non-hydrogen) atoms. The first-order valence-electron chi connectivity index (χ1n) is 12.6. The molecule has 7 heteroatoms. The SMILES string of the molecule is CCCC1(CC(=O)OC(C)(C)C)Nc2ccc(N(Cc3ccccc3)C(=O)c3cccc(Cl)c3)cc2N1. The second-order valence-corrected chi connectivity index (χ2v) is 10.9. The molecule has 0 spiro atoms. The Morgan fingerprint density at radius 3 is 2.35 bits per heavy atom. The van der Waals surface area contributed by atoms with E-state index in [1.165, 1.54) is 0 Å². The summed E-state index contributed by atoms with van der Waals surface area (Å²) in [6.07, 6.45) is 1.78. The van der Waals surface area contributed by atoms with Crippen LogP contribution in [-0.4, -0.2) is 23.1 Å². The smallest absolute Gasteiger partial charge is 0.310 e. The third-order valence-electron chi connectivity index (χ3n) is 6.11. The summed E-state index contributed by atoms with van der Waals surface area (Å²) in [6.45, 7) is 8.08. The topological polar surface area (TPSA) is 70.7 Å². The first-order valence-corrected chi connectivity index (χ1v) is 13.0. The van der Waals surface area contributed by atoms with Gasteiger partial charge in [-0.25, -0.2) is 0 Å². The van der Waals surface area contributed by atoms with Crippen LogP contribution in [0.5, 0.6) is 0 Å². The van der Waals surface area contributed by atoms with Crippen molar-refractivity contribution < 1.29 is 14.3 Å². The third kappa shape index (κ3) is 6.63. The Balaban J connectivity index is 1.65. The van der Waals surface area contributed by atoms with Crippen molar-refractivity contribution in [2.45, 2.75) is 64.8 Å². The normalized spacial score (nSPS) is 16.4. The van der Waals surface area contributed by atoms with Gasteiger partial charge >= 0.3 is 5.97 Å². The molecule has 1 heterocycles. The van der Waals surface area contributed by atoms with E-state index in [0.29, 0.717) is 17.1 Å². The molecule has 0 aromatic heterocycles. The highest BCUT2D eigenvalue weighted by Crippen LogP contribution is 2.41. The molecule has 2 N–H and O–H groups in total. The molecule has 3 aromatic carbocycles. The van der Waals surface area contributed by atoms with Gasteiger partial charge in [0, 0.05) is 16.3 Å². The van der Waals surface area contributed by atoms with Crippen LogP contribution in [0.1, 0.15) is 62.9 Å². The maximum atomic E-state index is 13.7. The largest absolute Gasteiger partial charge is 0.460 e. The second kappa shape index (κ2) is 10.9. The zero-order valence-electron chi connectivity index (χ0n) is 21.8. The van der Waals surface area contributed by atoms with Gasteiger partial charge in [-0.2, -0.15) is 0 Å². The number of anilines is 3. The number of hydrogen-bond donors (Lipinski definition) is 2. The van der Waals surface area contributed by atoms with Crippen LogP contribution in [0.4, 0.5) is 17.1 Å². The Labute approximate surface area is 224 Å². The summed E-state index contributed by atoms with van der Waals surface area (Å²) in [4.78, 5) is 28.2. The van der Waals surface area contributed by atoms with Gasteiger partial charge in [0.1, 0.15) is 11.3 Å². The second-order valence-electron chi connectivity index (χ2n) is 10.5. The van der Waals surface area contributed by atoms with E-state index in [4.69, 9.17) is 16.3 Å². The summed E-state index contributed by atoms with van der Waals surface area (Å²) >= 11 is 6.19. The molecule has 1 unspecified atom stereocenters. The van der Waals surface area contributed by atoms with Crippen molar-refractivity contribution in [2.24, 2.45) is 0 Å². The fraction of sp³-hybridized carbons (Fsp3) is 0.333. The van der Waals surface area contributed by atoms with E-state index in [9.17, 15) is 9.59 Å². The minimum atomic E-state index is -0.654. The van der Waals surface area contributed by atoms with E-state index in [1.807, 2.05) is 69.3 Å². The summed E-state index contributed by atoms with van der Waals surface area (Å²) in [6, 6.07) is 22.7. The number of nitrogens with zero attached hydrogens (tertiary/aromatic N) is 1. The van der Waals surface area contributed by atoms with Gasteiger partial charge in [-0.05, 0) is 69.2 Å².